The number of rotatable bonds is 11. The number of nitrogens with two attached hydrogens (primary N) is 2. The summed E-state index contributed by atoms with van der Waals surface area (Å²) >= 11 is 3.87. The number of nitrogens with one attached hydrogen (secondary N) is 2. The van der Waals surface area contributed by atoms with Crippen molar-refractivity contribution in [1.29, 1.82) is 0 Å². The number of thiol groups is 1. The molecule has 0 saturated carbocycles. The van der Waals surface area contributed by atoms with Crippen molar-refractivity contribution in [2.24, 2.45) is 17.4 Å². The van der Waals surface area contributed by atoms with E-state index in [0.717, 1.165) is 0 Å². The van der Waals surface area contributed by atoms with Gasteiger partial charge in [-0.05, 0) is 18.8 Å². The van der Waals surface area contributed by atoms with Gasteiger partial charge in [-0.1, -0.05) is 13.8 Å². The minimum absolute atomic E-state index is 0.0453. The Labute approximate surface area is 146 Å². The van der Waals surface area contributed by atoms with Gasteiger partial charge < -0.3 is 27.2 Å². The summed E-state index contributed by atoms with van der Waals surface area (Å²) in [4.78, 5) is 46.0. The topological polar surface area (TPSA) is 165 Å². The van der Waals surface area contributed by atoms with E-state index >= 15 is 0 Å². The Bertz CT molecular complexity index is 472. The Balaban J connectivity index is 4.86. The molecule has 0 aliphatic rings. The summed E-state index contributed by atoms with van der Waals surface area (Å²) in [5.74, 6) is -3.03. The zero-order chi connectivity index (χ0) is 18.9. The van der Waals surface area contributed by atoms with Crippen molar-refractivity contribution in [3.05, 3.63) is 0 Å². The van der Waals surface area contributed by atoms with Crippen molar-refractivity contribution in [2.45, 2.75) is 51.2 Å². The molecule has 3 amide bonds. The third kappa shape index (κ3) is 8.73. The molecule has 0 bridgehead atoms. The molecule has 0 rings (SSSR count). The zero-order valence-electron chi connectivity index (χ0n) is 13.8. The molecule has 0 heterocycles. The normalized spacial score (nSPS) is 14.5. The number of carboxylic acid groups (broad SMARTS) is 1. The first-order valence-electron chi connectivity index (χ1n) is 7.56. The quantitative estimate of drug-likeness (QED) is 0.248. The summed E-state index contributed by atoms with van der Waals surface area (Å²) in [7, 11) is 0. The van der Waals surface area contributed by atoms with Crippen molar-refractivity contribution in [2.75, 3.05) is 5.75 Å². The van der Waals surface area contributed by atoms with Crippen LogP contribution < -0.4 is 22.1 Å². The Morgan fingerprint density at radius 1 is 1.08 bits per heavy atom. The van der Waals surface area contributed by atoms with Crippen molar-refractivity contribution in [1.82, 2.24) is 10.6 Å². The molecular weight excluding hydrogens is 336 g/mol. The first kappa shape index (κ1) is 22.2. The van der Waals surface area contributed by atoms with E-state index in [0.29, 0.717) is 6.42 Å². The van der Waals surface area contributed by atoms with E-state index in [1.165, 1.54) is 0 Å². The van der Waals surface area contributed by atoms with E-state index < -0.39 is 41.8 Å². The fourth-order valence-electron chi connectivity index (χ4n) is 1.87. The van der Waals surface area contributed by atoms with Gasteiger partial charge in [-0.15, -0.1) is 0 Å². The molecule has 138 valence electrons. The van der Waals surface area contributed by atoms with Crippen LogP contribution in [0.15, 0.2) is 0 Å². The lowest BCUT2D eigenvalue weighted by Gasteiger charge is -2.23. The lowest BCUT2D eigenvalue weighted by Crippen LogP contribution is -2.55. The van der Waals surface area contributed by atoms with Crippen molar-refractivity contribution < 1.29 is 24.3 Å². The number of carboxylic acids is 1. The second-order valence-electron chi connectivity index (χ2n) is 5.88. The number of primary amides is 1. The van der Waals surface area contributed by atoms with Crippen LogP contribution in [0.1, 0.15) is 33.1 Å². The van der Waals surface area contributed by atoms with E-state index in [-0.39, 0.29) is 24.5 Å². The van der Waals surface area contributed by atoms with Gasteiger partial charge >= 0.3 is 5.97 Å². The summed E-state index contributed by atoms with van der Waals surface area (Å²) in [5, 5.41) is 13.8. The predicted octanol–water partition coefficient (Wildman–Crippen LogP) is -1.39. The van der Waals surface area contributed by atoms with Gasteiger partial charge in [0.2, 0.25) is 17.7 Å². The van der Waals surface area contributed by atoms with E-state index in [1.54, 1.807) is 0 Å². The molecule has 0 unspecified atom stereocenters. The summed E-state index contributed by atoms with van der Waals surface area (Å²) in [6.45, 7) is 3.71. The molecule has 0 radical (unpaired) electrons. The molecule has 9 nitrogen and oxygen atoms in total. The van der Waals surface area contributed by atoms with E-state index in [4.69, 9.17) is 16.6 Å². The van der Waals surface area contributed by atoms with Gasteiger partial charge in [-0.3, -0.25) is 14.4 Å². The molecule has 0 aromatic heterocycles. The lowest BCUT2D eigenvalue weighted by molar-refractivity contribution is -0.141. The Morgan fingerprint density at radius 2 is 1.62 bits per heavy atom. The number of carbonyl (C=O) groups excluding carboxylic acids is 3. The standard InChI is InChI=1S/C14H26N4O5S/c1-7(2)5-9(13(21)18-10(6-24)14(22)23)17-12(20)8(15)3-4-11(16)19/h7-10,24H,3-6,15H2,1-2H3,(H2,16,19)(H,17,20)(H,18,21)(H,22,23)/t8-,9-,10-/m0/s1. The average Bonchev–Trinajstić information content (AvgIpc) is 2.48. The van der Waals surface area contributed by atoms with E-state index in [9.17, 15) is 19.2 Å². The van der Waals surface area contributed by atoms with Crippen LogP contribution in [0.25, 0.3) is 0 Å². The van der Waals surface area contributed by atoms with Crippen LogP contribution in [0.4, 0.5) is 0 Å². The molecule has 0 saturated heterocycles. The first-order chi connectivity index (χ1) is 11.1. The van der Waals surface area contributed by atoms with Crippen LogP contribution in [-0.2, 0) is 19.2 Å². The smallest absolute Gasteiger partial charge is 0.327 e. The highest BCUT2D eigenvalue weighted by Gasteiger charge is 2.27. The highest BCUT2D eigenvalue weighted by molar-refractivity contribution is 7.80. The molecule has 0 fully saturated rings. The predicted molar refractivity (Wildman–Crippen MR) is 91.2 cm³/mol. The van der Waals surface area contributed by atoms with Crippen LogP contribution in [0.2, 0.25) is 0 Å². The lowest BCUT2D eigenvalue weighted by atomic mass is 10.0. The summed E-state index contributed by atoms with van der Waals surface area (Å²) in [6.07, 6.45) is 0.320. The second-order valence-corrected chi connectivity index (χ2v) is 6.25. The van der Waals surface area contributed by atoms with E-state index in [1.807, 2.05) is 13.8 Å². The van der Waals surface area contributed by atoms with E-state index in [2.05, 4.69) is 23.3 Å². The minimum Gasteiger partial charge on any atom is -0.480 e. The number of carbonyl (C=O) groups is 4. The number of aliphatic carboxylic acids is 1. The van der Waals surface area contributed by atoms with Gasteiger partial charge in [-0.25, -0.2) is 4.79 Å². The maximum Gasteiger partial charge on any atom is 0.327 e. The summed E-state index contributed by atoms with van der Waals surface area (Å²) in [6, 6.07) is -3.07. The zero-order valence-corrected chi connectivity index (χ0v) is 14.7. The fourth-order valence-corrected chi connectivity index (χ4v) is 2.12. The molecule has 0 aromatic carbocycles. The van der Waals surface area contributed by atoms with Gasteiger partial charge in [0.15, 0.2) is 0 Å². The molecule has 0 spiro atoms. The monoisotopic (exact) mass is 362 g/mol. The van der Waals surface area contributed by atoms with Crippen molar-refractivity contribution in [3.8, 4) is 0 Å². The molecule has 0 aliphatic carbocycles. The highest BCUT2D eigenvalue weighted by atomic mass is 32.1. The summed E-state index contributed by atoms with van der Waals surface area (Å²) < 4.78 is 0. The van der Waals surface area contributed by atoms with Crippen molar-refractivity contribution >= 4 is 36.3 Å². The summed E-state index contributed by atoms with van der Waals surface area (Å²) in [5.41, 5.74) is 10.7. The van der Waals surface area contributed by atoms with Crippen molar-refractivity contribution in [3.63, 3.8) is 0 Å². The number of hydrogen-bond acceptors (Lipinski definition) is 6. The fraction of sp³-hybridized carbons (Fsp3) is 0.714. The van der Waals surface area contributed by atoms with Gasteiger partial charge in [0.05, 0.1) is 6.04 Å². The molecule has 0 aliphatic heterocycles. The van der Waals surface area contributed by atoms with Gasteiger partial charge in [-0.2, -0.15) is 12.6 Å². The molecule has 24 heavy (non-hydrogen) atoms. The van der Waals surface area contributed by atoms with Crippen LogP contribution >= 0.6 is 12.6 Å². The maximum absolute atomic E-state index is 12.2. The van der Waals surface area contributed by atoms with Crippen LogP contribution in [-0.4, -0.2) is 52.7 Å². The Kier molecular flexibility index (Phi) is 10.0. The molecule has 0 aromatic rings. The SMILES string of the molecule is CC(C)C[C@H](NC(=O)[C@@H](N)CCC(N)=O)C(=O)N[C@@H](CS)C(=O)O. The van der Waals surface area contributed by atoms with Gasteiger partial charge in [0.25, 0.3) is 0 Å². The number of amides is 3. The maximum atomic E-state index is 12.2. The third-order valence-corrected chi connectivity index (χ3v) is 3.54. The van der Waals surface area contributed by atoms with Crippen LogP contribution in [0.3, 0.4) is 0 Å². The largest absolute Gasteiger partial charge is 0.480 e. The van der Waals surface area contributed by atoms with Gasteiger partial charge in [0.1, 0.15) is 12.1 Å². The minimum atomic E-state index is -1.22. The Morgan fingerprint density at radius 3 is 2.04 bits per heavy atom. The first-order valence-corrected chi connectivity index (χ1v) is 8.20. The highest BCUT2D eigenvalue weighted by Crippen LogP contribution is 2.07. The molecule has 3 atom stereocenters. The van der Waals surface area contributed by atoms with Gasteiger partial charge in [0, 0.05) is 12.2 Å². The third-order valence-electron chi connectivity index (χ3n) is 3.18. The molecular formula is C14H26N4O5S. The molecule has 7 N–H and O–H groups in total. The Hall–Kier alpha value is -1.81. The second kappa shape index (κ2) is 10.9. The average molecular weight is 362 g/mol. The molecule has 10 heteroatoms. The van der Waals surface area contributed by atoms with Crippen LogP contribution in [0, 0.1) is 5.92 Å². The van der Waals surface area contributed by atoms with Crippen LogP contribution in [0.5, 0.6) is 0 Å². The number of hydrogen-bond donors (Lipinski definition) is 6.